The summed E-state index contributed by atoms with van der Waals surface area (Å²) in [7, 11) is 0. The lowest BCUT2D eigenvalue weighted by atomic mass is 9.79. The zero-order valence-electron chi connectivity index (χ0n) is 14.1. The molecule has 2 aromatic rings. The van der Waals surface area contributed by atoms with E-state index in [0.29, 0.717) is 17.5 Å². The Morgan fingerprint density at radius 3 is 2.50 bits per heavy atom. The van der Waals surface area contributed by atoms with Crippen molar-refractivity contribution in [3.63, 3.8) is 0 Å². The number of nitrogens with one attached hydrogen (secondary N) is 2. The van der Waals surface area contributed by atoms with Crippen molar-refractivity contribution in [2.45, 2.75) is 31.1 Å². The zero-order valence-corrected chi connectivity index (χ0v) is 14.9. The number of benzene rings is 1. The summed E-state index contributed by atoms with van der Waals surface area (Å²) in [6, 6.07) is 9.55. The molecule has 0 bridgehead atoms. The first kappa shape index (κ1) is 18.2. The van der Waals surface area contributed by atoms with Crippen LogP contribution in [0, 0.1) is 15.9 Å². The number of hydrogen-bond donors (Lipinski definition) is 2. The molecule has 0 atom stereocenters. The molecule has 136 valence electrons. The minimum Gasteiger partial charge on any atom is -0.362 e. The Kier molecular flexibility index (Phi) is 5.41. The van der Waals surface area contributed by atoms with Crippen LogP contribution in [0.4, 0.5) is 15.9 Å². The Bertz CT molecular complexity index is 790. The van der Waals surface area contributed by atoms with Gasteiger partial charge < -0.3 is 10.6 Å². The van der Waals surface area contributed by atoms with Gasteiger partial charge in [0.2, 0.25) is 0 Å². The second-order valence-corrected chi connectivity index (χ2v) is 6.87. The molecule has 3 rings (SSSR count). The van der Waals surface area contributed by atoms with Crippen LogP contribution in [0.1, 0.15) is 31.2 Å². The summed E-state index contributed by atoms with van der Waals surface area (Å²) in [4.78, 5) is 14.1. The SMILES string of the molecule is O=[N+]([O-])c1ccc(NC(=S)NCC2(c3ccc(F)cc3)CCCC2)nc1. The molecule has 1 heterocycles. The molecular formula is C18H19FN4O2S. The molecule has 1 fully saturated rings. The monoisotopic (exact) mass is 374 g/mol. The molecule has 0 aliphatic heterocycles. The van der Waals surface area contributed by atoms with Gasteiger partial charge in [-0.3, -0.25) is 10.1 Å². The Morgan fingerprint density at radius 1 is 1.23 bits per heavy atom. The summed E-state index contributed by atoms with van der Waals surface area (Å²) in [5, 5.41) is 17.2. The number of anilines is 1. The van der Waals surface area contributed by atoms with Crippen molar-refractivity contribution in [3.8, 4) is 0 Å². The fraction of sp³-hybridized carbons (Fsp3) is 0.333. The molecule has 26 heavy (non-hydrogen) atoms. The first-order valence-electron chi connectivity index (χ1n) is 8.40. The first-order chi connectivity index (χ1) is 12.5. The van der Waals surface area contributed by atoms with Crippen LogP contribution in [0.3, 0.4) is 0 Å². The van der Waals surface area contributed by atoms with E-state index in [1.807, 2.05) is 12.1 Å². The van der Waals surface area contributed by atoms with E-state index in [4.69, 9.17) is 12.2 Å². The molecule has 0 radical (unpaired) electrons. The molecule has 6 nitrogen and oxygen atoms in total. The largest absolute Gasteiger partial charge is 0.362 e. The molecule has 0 spiro atoms. The van der Waals surface area contributed by atoms with Crippen molar-refractivity contribution in [2.75, 3.05) is 11.9 Å². The summed E-state index contributed by atoms with van der Waals surface area (Å²) in [5.74, 6) is 0.201. The normalized spacial score (nSPS) is 15.4. The van der Waals surface area contributed by atoms with Crippen LogP contribution in [0.2, 0.25) is 0 Å². The lowest BCUT2D eigenvalue weighted by Gasteiger charge is -2.30. The summed E-state index contributed by atoms with van der Waals surface area (Å²) >= 11 is 5.32. The highest BCUT2D eigenvalue weighted by atomic mass is 32.1. The highest BCUT2D eigenvalue weighted by Gasteiger charge is 2.35. The van der Waals surface area contributed by atoms with Gasteiger partial charge in [0.25, 0.3) is 5.69 Å². The standard InChI is InChI=1S/C18H19FN4O2S/c19-14-5-3-13(4-6-14)18(9-1-2-10-18)12-21-17(26)22-16-8-7-15(11-20-16)23(24)25/h3-8,11H,1-2,9-10,12H2,(H2,20,21,22,26). The number of halogens is 1. The van der Waals surface area contributed by atoms with E-state index in [1.165, 1.54) is 30.5 Å². The number of nitrogens with zero attached hydrogens (tertiary/aromatic N) is 2. The quantitative estimate of drug-likeness (QED) is 0.469. The van der Waals surface area contributed by atoms with Gasteiger partial charge in [0.05, 0.1) is 4.92 Å². The van der Waals surface area contributed by atoms with E-state index in [1.54, 1.807) is 0 Å². The van der Waals surface area contributed by atoms with E-state index in [0.717, 1.165) is 31.2 Å². The fourth-order valence-corrected chi connectivity index (χ4v) is 3.58. The highest BCUT2D eigenvalue weighted by Crippen LogP contribution is 2.40. The van der Waals surface area contributed by atoms with Gasteiger partial charge in [0.15, 0.2) is 5.11 Å². The molecule has 0 saturated heterocycles. The second-order valence-electron chi connectivity index (χ2n) is 6.46. The van der Waals surface area contributed by atoms with E-state index in [2.05, 4.69) is 15.6 Å². The lowest BCUT2D eigenvalue weighted by molar-refractivity contribution is -0.385. The minimum absolute atomic E-state index is 0.0671. The summed E-state index contributed by atoms with van der Waals surface area (Å²) in [6.45, 7) is 0.636. The van der Waals surface area contributed by atoms with Gasteiger partial charge in [0.1, 0.15) is 17.8 Å². The van der Waals surface area contributed by atoms with Crippen molar-refractivity contribution in [3.05, 3.63) is 64.1 Å². The Balaban J connectivity index is 1.63. The maximum absolute atomic E-state index is 13.2. The van der Waals surface area contributed by atoms with Crippen LogP contribution in [-0.4, -0.2) is 21.6 Å². The number of aromatic nitrogens is 1. The Hall–Kier alpha value is -2.61. The van der Waals surface area contributed by atoms with Gasteiger partial charge in [-0.2, -0.15) is 0 Å². The topological polar surface area (TPSA) is 80.1 Å². The van der Waals surface area contributed by atoms with E-state index >= 15 is 0 Å². The molecular weight excluding hydrogens is 355 g/mol. The van der Waals surface area contributed by atoms with Crippen LogP contribution in [-0.2, 0) is 5.41 Å². The molecule has 1 aromatic heterocycles. The molecule has 0 amide bonds. The predicted molar refractivity (Wildman–Crippen MR) is 102 cm³/mol. The molecule has 2 N–H and O–H groups in total. The van der Waals surface area contributed by atoms with Crippen LogP contribution >= 0.6 is 12.2 Å². The van der Waals surface area contributed by atoms with Gasteiger partial charge in [-0.15, -0.1) is 0 Å². The van der Waals surface area contributed by atoms with Gasteiger partial charge in [-0.25, -0.2) is 9.37 Å². The molecule has 0 unspecified atom stereocenters. The number of pyridine rings is 1. The fourth-order valence-electron chi connectivity index (χ4n) is 3.40. The third-order valence-electron chi connectivity index (χ3n) is 4.80. The minimum atomic E-state index is -0.500. The van der Waals surface area contributed by atoms with Crippen molar-refractivity contribution in [2.24, 2.45) is 0 Å². The molecule has 1 saturated carbocycles. The molecule has 8 heteroatoms. The summed E-state index contributed by atoms with van der Waals surface area (Å²) < 4.78 is 13.2. The van der Waals surface area contributed by atoms with Crippen LogP contribution in [0.5, 0.6) is 0 Å². The summed E-state index contributed by atoms with van der Waals surface area (Å²) in [5.41, 5.74) is 0.971. The predicted octanol–water partition coefficient (Wildman–Crippen LogP) is 3.93. The average molecular weight is 374 g/mol. The summed E-state index contributed by atoms with van der Waals surface area (Å²) in [6.07, 6.45) is 5.47. The second kappa shape index (κ2) is 7.74. The van der Waals surface area contributed by atoms with Crippen molar-refractivity contribution in [1.29, 1.82) is 0 Å². The van der Waals surface area contributed by atoms with Crippen LogP contribution < -0.4 is 10.6 Å². The van der Waals surface area contributed by atoms with Gasteiger partial charge in [0, 0.05) is 18.0 Å². The first-order valence-corrected chi connectivity index (χ1v) is 8.81. The zero-order chi connectivity index (χ0) is 18.6. The van der Waals surface area contributed by atoms with E-state index in [9.17, 15) is 14.5 Å². The lowest BCUT2D eigenvalue weighted by Crippen LogP contribution is -2.40. The van der Waals surface area contributed by atoms with Gasteiger partial charge in [-0.05, 0) is 48.8 Å². The van der Waals surface area contributed by atoms with Crippen LogP contribution in [0.25, 0.3) is 0 Å². The number of thiocarbonyl (C=S) groups is 1. The van der Waals surface area contributed by atoms with E-state index in [-0.39, 0.29) is 16.9 Å². The van der Waals surface area contributed by atoms with Crippen molar-refractivity contribution >= 4 is 28.8 Å². The van der Waals surface area contributed by atoms with Gasteiger partial charge in [-0.1, -0.05) is 25.0 Å². The molecule has 1 aliphatic rings. The molecule has 1 aliphatic carbocycles. The van der Waals surface area contributed by atoms with E-state index < -0.39 is 4.92 Å². The Morgan fingerprint density at radius 2 is 1.92 bits per heavy atom. The number of nitro groups is 1. The Labute approximate surface area is 156 Å². The van der Waals surface area contributed by atoms with Crippen LogP contribution in [0.15, 0.2) is 42.6 Å². The number of hydrogen-bond acceptors (Lipinski definition) is 4. The van der Waals surface area contributed by atoms with Crippen molar-refractivity contribution in [1.82, 2.24) is 10.3 Å². The molecule has 1 aromatic carbocycles. The average Bonchev–Trinajstić information content (AvgIpc) is 3.11. The third kappa shape index (κ3) is 4.13. The van der Waals surface area contributed by atoms with Gasteiger partial charge >= 0.3 is 0 Å². The van der Waals surface area contributed by atoms with Crippen molar-refractivity contribution < 1.29 is 9.31 Å². The number of rotatable bonds is 5. The highest BCUT2D eigenvalue weighted by molar-refractivity contribution is 7.80. The smallest absolute Gasteiger partial charge is 0.287 e. The third-order valence-corrected chi connectivity index (χ3v) is 5.05. The maximum atomic E-state index is 13.2. The maximum Gasteiger partial charge on any atom is 0.287 e.